The molecule has 1 unspecified atom stereocenters. The number of methoxy groups -OCH3 is 1. The van der Waals surface area contributed by atoms with Gasteiger partial charge in [0, 0.05) is 13.2 Å². The van der Waals surface area contributed by atoms with Crippen molar-refractivity contribution in [2.75, 3.05) is 20.3 Å². The molecule has 3 aromatic carbocycles. The maximum absolute atomic E-state index is 7.14. The van der Waals surface area contributed by atoms with Gasteiger partial charge >= 0.3 is 0 Å². The summed E-state index contributed by atoms with van der Waals surface area (Å²) >= 11 is 0. The minimum Gasteiger partial charge on any atom is -0.497 e. The van der Waals surface area contributed by atoms with Crippen LogP contribution in [0.3, 0.4) is 0 Å². The molecule has 0 saturated carbocycles. The topological polar surface area (TPSA) is 27.7 Å². The third kappa shape index (κ3) is 12.4. The van der Waals surface area contributed by atoms with Crippen molar-refractivity contribution in [2.45, 2.75) is 123 Å². The Morgan fingerprint density at radius 3 is 1.67 bits per heavy atom. The first-order valence-electron chi connectivity index (χ1n) is 17.9. The number of benzene rings is 3. The first kappa shape index (κ1) is 37.1. The fourth-order valence-electron chi connectivity index (χ4n) is 6.68. The highest BCUT2D eigenvalue weighted by Gasteiger charge is 2.49. The Morgan fingerprint density at radius 1 is 0.600 bits per heavy atom. The van der Waals surface area contributed by atoms with Gasteiger partial charge in [0.2, 0.25) is 0 Å². The van der Waals surface area contributed by atoms with E-state index in [1.54, 1.807) is 7.11 Å². The van der Waals surface area contributed by atoms with Gasteiger partial charge in [0.1, 0.15) is 5.75 Å². The summed E-state index contributed by atoms with van der Waals surface area (Å²) in [4.78, 5) is 0. The molecule has 0 aromatic heterocycles. The summed E-state index contributed by atoms with van der Waals surface area (Å²) in [5.74, 6) is 1.64. The van der Waals surface area contributed by atoms with Gasteiger partial charge in [0.25, 0.3) is 8.32 Å². The molecule has 3 aromatic rings. The van der Waals surface area contributed by atoms with E-state index in [0.717, 1.165) is 37.7 Å². The normalized spacial score (nSPS) is 12.7. The van der Waals surface area contributed by atoms with Crippen molar-refractivity contribution in [1.29, 1.82) is 0 Å². The van der Waals surface area contributed by atoms with E-state index in [-0.39, 0.29) is 5.04 Å². The molecular weight excluding hydrogens is 569 g/mol. The van der Waals surface area contributed by atoms with Crippen LogP contribution in [0.1, 0.15) is 117 Å². The molecular formula is C41H62O3Si. The summed E-state index contributed by atoms with van der Waals surface area (Å²) in [6.07, 6.45) is 17.0. The summed E-state index contributed by atoms with van der Waals surface area (Å²) in [6, 6.07) is 30.3. The SMILES string of the molecule is CCCCCCCCCC(CCCCCO[Si](c1ccccc1)(c1ccccc1)C(C)(C)C)CCOCc1ccc(OC)cc1. The third-order valence-corrected chi connectivity index (χ3v) is 14.3. The summed E-state index contributed by atoms with van der Waals surface area (Å²) in [5.41, 5.74) is 1.21. The molecule has 0 N–H and O–H groups in total. The second kappa shape index (κ2) is 20.7. The van der Waals surface area contributed by atoms with Gasteiger partial charge in [-0.15, -0.1) is 0 Å². The monoisotopic (exact) mass is 630 g/mol. The lowest BCUT2D eigenvalue weighted by Crippen LogP contribution is -2.66. The van der Waals surface area contributed by atoms with Gasteiger partial charge in [-0.3, -0.25) is 0 Å². The van der Waals surface area contributed by atoms with Crippen LogP contribution in [0, 0.1) is 5.92 Å². The minimum absolute atomic E-state index is 0.0309. The Bertz CT molecular complexity index is 1100. The maximum atomic E-state index is 7.14. The van der Waals surface area contributed by atoms with Crippen LogP contribution in [-0.4, -0.2) is 28.6 Å². The molecule has 0 heterocycles. The van der Waals surface area contributed by atoms with Crippen molar-refractivity contribution < 1.29 is 13.9 Å². The van der Waals surface area contributed by atoms with Crippen LogP contribution in [0.5, 0.6) is 5.75 Å². The fourth-order valence-corrected chi connectivity index (χ4v) is 11.3. The Kier molecular flexibility index (Phi) is 17.0. The van der Waals surface area contributed by atoms with Crippen LogP contribution in [-0.2, 0) is 15.8 Å². The first-order valence-corrected chi connectivity index (χ1v) is 19.8. The van der Waals surface area contributed by atoms with Crippen molar-refractivity contribution in [1.82, 2.24) is 0 Å². The van der Waals surface area contributed by atoms with Crippen molar-refractivity contribution in [3.8, 4) is 5.75 Å². The molecule has 0 amide bonds. The Labute approximate surface area is 277 Å². The van der Waals surface area contributed by atoms with Crippen LogP contribution in [0.25, 0.3) is 0 Å². The van der Waals surface area contributed by atoms with E-state index in [4.69, 9.17) is 13.9 Å². The molecule has 1 atom stereocenters. The minimum atomic E-state index is -2.44. The van der Waals surface area contributed by atoms with Gasteiger partial charge in [-0.05, 0) is 51.9 Å². The van der Waals surface area contributed by atoms with E-state index in [2.05, 4.69) is 100 Å². The molecule has 0 aliphatic heterocycles. The number of rotatable bonds is 23. The van der Waals surface area contributed by atoms with Crippen LogP contribution in [0.15, 0.2) is 84.9 Å². The fraction of sp³-hybridized carbons (Fsp3) is 0.561. The lowest BCUT2D eigenvalue weighted by Gasteiger charge is -2.43. The van der Waals surface area contributed by atoms with E-state index < -0.39 is 8.32 Å². The van der Waals surface area contributed by atoms with Crippen LogP contribution < -0.4 is 15.1 Å². The van der Waals surface area contributed by atoms with Crippen LogP contribution >= 0.6 is 0 Å². The van der Waals surface area contributed by atoms with Gasteiger partial charge in [-0.2, -0.15) is 0 Å². The van der Waals surface area contributed by atoms with E-state index >= 15 is 0 Å². The zero-order chi connectivity index (χ0) is 32.2. The van der Waals surface area contributed by atoms with Crippen molar-refractivity contribution in [2.24, 2.45) is 5.92 Å². The zero-order valence-electron chi connectivity index (χ0n) is 29.2. The zero-order valence-corrected chi connectivity index (χ0v) is 30.2. The predicted molar refractivity (Wildman–Crippen MR) is 195 cm³/mol. The summed E-state index contributed by atoms with van der Waals surface area (Å²) in [6.45, 7) is 11.7. The molecule has 0 aliphatic rings. The van der Waals surface area contributed by atoms with Gasteiger partial charge in [-0.1, -0.05) is 171 Å². The van der Waals surface area contributed by atoms with Crippen molar-refractivity contribution >= 4 is 18.7 Å². The number of hydrogen-bond donors (Lipinski definition) is 0. The lowest BCUT2D eigenvalue weighted by molar-refractivity contribution is 0.104. The smallest absolute Gasteiger partial charge is 0.261 e. The Balaban J connectivity index is 1.50. The second-order valence-corrected chi connectivity index (χ2v) is 18.1. The van der Waals surface area contributed by atoms with Gasteiger partial charge in [-0.25, -0.2) is 0 Å². The van der Waals surface area contributed by atoms with E-state index in [0.29, 0.717) is 6.61 Å². The van der Waals surface area contributed by atoms with Gasteiger partial charge in [0.15, 0.2) is 0 Å². The van der Waals surface area contributed by atoms with Crippen LogP contribution in [0.2, 0.25) is 5.04 Å². The summed E-state index contributed by atoms with van der Waals surface area (Å²) in [5, 5.41) is 2.77. The quantitative estimate of drug-likeness (QED) is 0.0771. The molecule has 45 heavy (non-hydrogen) atoms. The first-order chi connectivity index (χ1) is 21.9. The van der Waals surface area contributed by atoms with E-state index in [9.17, 15) is 0 Å². The summed E-state index contributed by atoms with van der Waals surface area (Å²) in [7, 11) is -0.736. The van der Waals surface area contributed by atoms with Crippen LogP contribution in [0.4, 0.5) is 0 Å². The molecule has 0 aliphatic carbocycles. The Morgan fingerprint density at radius 2 is 1.13 bits per heavy atom. The molecule has 3 nitrogen and oxygen atoms in total. The van der Waals surface area contributed by atoms with Gasteiger partial charge in [0.05, 0.1) is 13.7 Å². The molecule has 4 heteroatoms. The van der Waals surface area contributed by atoms with E-state index in [1.807, 2.05) is 12.1 Å². The largest absolute Gasteiger partial charge is 0.497 e. The molecule has 248 valence electrons. The molecule has 0 radical (unpaired) electrons. The molecule has 0 saturated heterocycles. The molecule has 0 fully saturated rings. The number of hydrogen-bond acceptors (Lipinski definition) is 3. The van der Waals surface area contributed by atoms with Gasteiger partial charge < -0.3 is 13.9 Å². The van der Waals surface area contributed by atoms with Crippen molar-refractivity contribution in [3.05, 3.63) is 90.5 Å². The maximum Gasteiger partial charge on any atom is 0.261 e. The highest BCUT2D eigenvalue weighted by molar-refractivity contribution is 6.99. The lowest BCUT2D eigenvalue weighted by atomic mass is 9.92. The number of ether oxygens (including phenoxy) is 2. The highest BCUT2D eigenvalue weighted by atomic mass is 28.4. The molecule has 0 bridgehead atoms. The average molecular weight is 631 g/mol. The third-order valence-electron chi connectivity index (χ3n) is 9.31. The second-order valence-electron chi connectivity index (χ2n) is 13.8. The highest BCUT2D eigenvalue weighted by Crippen LogP contribution is 2.37. The van der Waals surface area contributed by atoms with E-state index in [1.165, 1.54) is 86.6 Å². The standard InChI is InChI=1S/C41H62O3Si/c1-6-7-8-9-10-11-15-22-36(32-34-43-35-37-28-30-38(42-5)31-29-37)23-16-14-21-33-44-45(41(2,3)4,39-24-17-12-18-25-39)40-26-19-13-20-27-40/h12-13,17-20,24-31,36H,6-11,14-16,21-23,32-35H2,1-5H3. The predicted octanol–water partition coefficient (Wildman–Crippen LogP) is 10.5. The number of unbranched alkanes of at least 4 members (excludes halogenated alkanes) is 8. The Hall–Kier alpha value is -2.40. The van der Waals surface area contributed by atoms with Crippen molar-refractivity contribution in [3.63, 3.8) is 0 Å². The molecule has 0 spiro atoms. The molecule has 3 rings (SSSR count). The summed E-state index contributed by atoms with van der Waals surface area (Å²) < 4.78 is 18.6. The average Bonchev–Trinajstić information content (AvgIpc) is 3.06.